The molecule has 0 spiro atoms. The van der Waals surface area contributed by atoms with Crippen LogP contribution in [0.2, 0.25) is 5.02 Å². The average Bonchev–Trinajstić information content (AvgIpc) is 2.28. The Morgan fingerprint density at radius 2 is 2.31 bits per heavy atom. The first-order chi connectivity index (χ1) is 7.63. The second-order valence-electron chi connectivity index (χ2n) is 3.28. The van der Waals surface area contributed by atoms with Crippen molar-refractivity contribution in [1.82, 2.24) is 5.32 Å². The van der Waals surface area contributed by atoms with Crippen molar-refractivity contribution in [3.63, 3.8) is 0 Å². The van der Waals surface area contributed by atoms with Gasteiger partial charge in [-0.05, 0) is 18.2 Å². The molecule has 0 aliphatic carbocycles. The summed E-state index contributed by atoms with van der Waals surface area (Å²) in [5.74, 6) is -0.0715. The smallest absolute Gasteiger partial charge is 0.306 e. The lowest BCUT2D eigenvalue weighted by Crippen LogP contribution is -2.18. The van der Waals surface area contributed by atoms with Gasteiger partial charge in [0.25, 0.3) is 0 Å². The monoisotopic (exact) mass is 243 g/mol. The van der Waals surface area contributed by atoms with Crippen LogP contribution in [0.1, 0.15) is 12.0 Å². The van der Waals surface area contributed by atoms with Crippen molar-refractivity contribution in [2.45, 2.75) is 13.0 Å². The Bertz CT molecular complexity index is 368. The van der Waals surface area contributed by atoms with E-state index in [0.717, 1.165) is 0 Å². The van der Waals surface area contributed by atoms with Gasteiger partial charge < -0.3 is 15.2 Å². The Morgan fingerprint density at radius 1 is 1.56 bits per heavy atom. The number of ether oxygens (including phenoxy) is 1. The van der Waals surface area contributed by atoms with Gasteiger partial charge in [0.1, 0.15) is 5.75 Å². The van der Waals surface area contributed by atoms with Gasteiger partial charge in [0.15, 0.2) is 0 Å². The Balaban J connectivity index is 2.37. The van der Waals surface area contributed by atoms with Crippen molar-refractivity contribution in [3.05, 3.63) is 28.8 Å². The van der Waals surface area contributed by atoms with Crippen molar-refractivity contribution < 1.29 is 14.6 Å². The number of halogens is 1. The van der Waals surface area contributed by atoms with E-state index in [0.29, 0.717) is 30.1 Å². The summed E-state index contributed by atoms with van der Waals surface area (Å²) < 4.78 is 4.50. The van der Waals surface area contributed by atoms with Gasteiger partial charge in [-0.15, -0.1) is 0 Å². The second-order valence-corrected chi connectivity index (χ2v) is 3.71. The fraction of sp³-hybridized carbons (Fsp3) is 0.364. The third kappa shape index (κ3) is 4.08. The molecule has 0 aliphatic rings. The van der Waals surface area contributed by atoms with Gasteiger partial charge in [0, 0.05) is 23.7 Å². The van der Waals surface area contributed by atoms with Crippen molar-refractivity contribution in [2.24, 2.45) is 0 Å². The molecule has 0 heterocycles. The summed E-state index contributed by atoms with van der Waals surface area (Å²) in [6, 6.07) is 4.84. The maximum atomic E-state index is 10.8. The summed E-state index contributed by atoms with van der Waals surface area (Å²) in [4.78, 5) is 10.8. The third-order valence-electron chi connectivity index (χ3n) is 2.09. The van der Waals surface area contributed by atoms with E-state index in [2.05, 4.69) is 10.1 Å². The molecule has 1 aromatic rings. The lowest BCUT2D eigenvalue weighted by atomic mass is 10.2. The average molecular weight is 244 g/mol. The topological polar surface area (TPSA) is 58.6 Å². The maximum absolute atomic E-state index is 10.8. The zero-order chi connectivity index (χ0) is 12.0. The van der Waals surface area contributed by atoms with Crippen LogP contribution < -0.4 is 5.32 Å². The normalized spacial score (nSPS) is 10.1. The molecule has 1 aromatic carbocycles. The largest absolute Gasteiger partial charge is 0.508 e. The van der Waals surface area contributed by atoms with Crippen LogP contribution in [-0.4, -0.2) is 24.7 Å². The molecule has 2 N–H and O–H groups in total. The third-order valence-corrected chi connectivity index (χ3v) is 2.33. The first-order valence-electron chi connectivity index (χ1n) is 4.88. The summed E-state index contributed by atoms with van der Waals surface area (Å²) >= 11 is 5.79. The van der Waals surface area contributed by atoms with E-state index in [1.807, 2.05) is 0 Å². The summed E-state index contributed by atoms with van der Waals surface area (Å²) in [7, 11) is 1.35. The predicted molar refractivity (Wildman–Crippen MR) is 61.5 cm³/mol. The van der Waals surface area contributed by atoms with Crippen molar-refractivity contribution in [3.8, 4) is 5.75 Å². The number of methoxy groups -OCH3 is 1. The van der Waals surface area contributed by atoms with E-state index in [9.17, 15) is 9.90 Å². The molecule has 0 atom stereocenters. The molecule has 0 fully saturated rings. The minimum Gasteiger partial charge on any atom is -0.508 e. The first kappa shape index (κ1) is 12.8. The quantitative estimate of drug-likeness (QED) is 0.611. The molecule has 16 heavy (non-hydrogen) atoms. The zero-order valence-electron chi connectivity index (χ0n) is 9.00. The van der Waals surface area contributed by atoms with Gasteiger partial charge in [0.2, 0.25) is 0 Å². The fourth-order valence-corrected chi connectivity index (χ4v) is 1.41. The Labute approximate surface area is 99.2 Å². The number of nitrogens with one attached hydrogen (secondary N) is 1. The zero-order valence-corrected chi connectivity index (χ0v) is 9.75. The minimum atomic E-state index is -0.261. The number of carbonyl (C=O) groups is 1. The van der Waals surface area contributed by atoms with Crippen molar-refractivity contribution >= 4 is 17.6 Å². The standard InChI is InChI=1S/C11H14ClNO3/c1-16-11(15)4-5-13-7-8-6-9(12)2-3-10(8)14/h2-3,6,13-14H,4-5,7H2,1H3. The molecular weight excluding hydrogens is 230 g/mol. The maximum Gasteiger partial charge on any atom is 0.306 e. The number of hydrogen-bond acceptors (Lipinski definition) is 4. The molecule has 4 nitrogen and oxygen atoms in total. The molecule has 1 rings (SSSR count). The predicted octanol–water partition coefficient (Wildman–Crippen LogP) is 1.70. The van der Waals surface area contributed by atoms with Gasteiger partial charge in [-0.2, -0.15) is 0 Å². The lowest BCUT2D eigenvalue weighted by molar-refractivity contribution is -0.140. The van der Waals surface area contributed by atoms with E-state index < -0.39 is 0 Å². The molecule has 0 aliphatic heterocycles. The van der Waals surface area contributed by atoms with Crippen LogP contribution >= 0.6 is 11.6 Å². The number of hydrogen-bond donors (Lipinski definition) is 2. The SMILES string of the molecule is COC(=O)CCNCc1cc(Cl)ccc1O. The lowest BCUT2D eigenvalue weighted by Gasteiger charge is -2.06. The number of aromatic hydroxyl groups is 1. The summed E-state index contributed by atoms with van der Waals surface area (Å²) in [5.41, 5.74) is 0.706. The van der Waals surface area contributed by atoms with Crippen LogP contribution in [0, 0.1) is 0 Å². The van der Waals surface area contributed by atoms with Crippen LogP contribution in [0.5, 0.6) is 5.75 Å². The molecule has 0 bridgehead atoms. The molecular formula is C11H14ClNO3. The van der Waals surface area contributed by atoms with Crippen molar-refractivity contribution in [1.29, 1.82) is 0 Å². The molecule has 0 unspecified atom stereocenters. The highest BCUT2D eigenvalue weighted by atomic mass is 35.5. The highest BCUT2D eigenvalue weighted by molar-refractivity contribution is 6.30. The summed E-state index contributed by atoms with van der Waals surface area (Å²) in [6.07, 6.45) is 0.303. The van der Waals surface area contributed by atoms with Gasteiger partial charge >= 0.3 is 5.97 Å². The molecule has 0 amide bonds. The van der Waals surface area contributed by atoms with E-state index in [-0.39, 0.29) is 11.7 Å². The number of rotatable bonds is 5. The number of phenolic OH excluding ortho intramolecular Hbond substituents is 1. The summed E-state index contributed by atoms with van der Waals surface area (Å²) in [6.45, 7) is 0.960. The van der Waals surface area contributed by atoms with Crippen LogP contribution in [0.15, 0.2) is 18.2 Å². The number of phenols is 1. The van der Waals surface area contributed by atoms with Crippen LogP contribution in [0.4, 0.5) is 0 Å². The highest BCUT2D eigenvalue weighted by Crippen LogP contribution is 2.20. The van der Waals surface area contributed by atoms with E-state index in [4.69, 9.17) is 11.6 Å². The number of carbonyl (C=O) groups excluding carboxylic acids is 1. The Hall–Kier alpha value is -1.26. The van der Waals surface area contributed by atoms with Crippen LogP contribution in [0.3, 0.4) is 0 Å². The molecule has 0 saturated carbocycles. The highest BCUT2D eigenvalue weighted by Gasteiger charge is 2.03. The first-order valence-corrected chi connectivity index (χ1v) is 5.26. The minimum absolute atomic E-state index is 0.190. The van der Waals surface area contributed by atoms with E-state index >= 15 is 0 Å². The molecule has 0 saturated heterocycles. The summed E-state index contributed by atoms with van der Waals surface area (Å²) in [5, 5.41) is 13.1. The Kier molecular flexibility index (Phi) is 5.08. The van der Waals surface area contributed by atoms with Crippen LogP contribution in [-0.2, 0) is 16.1 Å². The van der Waals surface area contributed by atoms with Crippen LogP contribution in [0.25, 0.3) is 0 Å². The van der Waals surface area contributed by atoms with Gasteiger partial charge in [0.05, 0.1) is 13.5 Å². The number of esters is 1. The van der Waals surface area contributed by atoms with E-state index in [1.165, 1.54) is 7.11 Å². The second kappa shape index (κ2) is 6.35. The fourth-order valence-electron chi connectivity index (χ4n) is 1.21. The van der Waals surface area contributed by atoms with Gasteiger partial charge in [-0.1, -0.05) is 11.6 Å². The van der Waals surface area contributed by atoms with Gasteiger partial charge in [-0.25, -0.2) is 0 Å². The van der Waals surface area contributed by atoms with Gasteiger partial charge in [-0.3, -0.25) is 4.79 Å². The molecule has 88 valence electrons. The van der Waals surface area contributed by atoms with E-state index in [1.54, 1.807) is 18.2 Å². The Morgan fingerprint density at radius 3 is 3.00 bits per heavy atom. The van der Waals surface area contributed by atoms with Crippen molar-refractivity contribution in [2.75, 3.05) is 13.7 Å². The molecule has 0 aromatic heterocycles. The molecule has 0 radical (unpaired) electrons. The number of benzene rings is 1. The molecule has 5 heteroatoms.